The highest BCUT2D eigenvalue weighted by Gasteiger charge is 2.26. The molecular formula is C19H18Cl2N2O2S. The number of nitrogens with two attached hydrogens (primary N) is 1. The van der Waals surface area contributed by atoms with Crippen LogP contribution in [0.5, 0.6) is 0 Å². The molecule has 136 valence electrons. The van der Waals surface area contributed by atoms with E-state index in [9.17, 15) is 9.59 Å². The van der Waals surface area contributed by atoms with Gasteiger partial charge in [0.1, 0.15) is 5.00 Å². The van der Waals surface area contributed by atoms with Crippen molar-refractivity contribution in [1.29, 1.82) is 0 Å². The standard InChI is InChI=1S/C19H18Cl2N2O2S/c1-10-5-6-12-15(9-10)26-19(17(12)18(22)25)23-16(24)8-7-11-13(20)3-2-4-14(11)21/h2-4,7-8,10H,5-6,9H2,1H3,(H2,22,25)(H,23,24)/b8-7+/t10-/m1/s1. The fourth-order valence-electron chi connectivity index (χ4n) is 3.08. The van der Waals surface area contributed by atoms with Gasteiger partial charge in [0.2, 0.25) is 5.91 Å². The zero-order valence-corrected chi connectivity index (χ0v) is 16.5. The zero-order valence-electron chi connectivity index (χ0n) is 14.1. The first-order chi connectivity index (χ1) is 12.4. The zero-order chi connectivity index (χ0) is 18.8. The summed E-state index contributed by atoms with van der Waals surface area (Å²) < 4.78 is 0. The fourth-order valence-corrected chi connectivity index (χ4v) is 5.02. The minimum absolute atomic E-state index is 0.366. The van der Waals surface area contributed by atoms with E-state index >= 15 is 0 Å². The molecule has 2 aromatic rings. The van der Waals surface area contributed by atoms with E-state index in [4.69, 9.17) is 28.9 Å². The van der Waals surface area contributed by atoms with Gasteiger partial charge in [-0.05, 0) is 49.0 Å². The van der Waals surface area contributed by atoms with Crippen LogP contribution >= 0.6 is 34.5 Å². The van der Waals surface area contributed by atoms with Crippen LogP contribution in [-0.2, 0) is 17.6 Å². The first kappa shape index (κ1) is 19.0. The number of hydrogen-bond acceptors (Lipinski definition) is 3. The van der Waals surface area contributed by atoms with Gasteiger partial charge in [-0.2, -0.15) is 0 Å². The molecule has 0 radical (unpaired) electrons. The van der Waals surface area contributed by atoms with Gasteiger partial charge < -0.3 is 11.1 Å². The number of anilines is 1. The third kappa shape index (κ3) is 3.95. The quantitative estimate of drug-likeness (QED) is 0.703. The largest absolute Gasteiger partial charge is 0.365 e. The number of amides is 2. The van der Waals surface area contributed by atoms with Crippen LogP contribution < -0.4 is 11.1 Å². The number of carbonyl (C=O) groups excluding carboxylic acids is 2. The maximum absolute atomic E-state index is 12.3. The van der Waals surface area contributed by atoms with E-state index < -0.39 is 5.91 Å². The van der Waals surface area contributed by atoms with Crippen molar-refractivity contribution in [3.63, 3.8) is 0 Å². The monoisotopic (exact) mass is 408 g/mol. The Morgan fingerprint density at radius 3 is 2.65 bits per heavy atom. The summed E-state index contributed by atoms with van der Waals surface area (Å²) in [5.41, 5.74) is 7.55. The van der Waals surface area contributed by atoms with Crippen LogP contribution in [0.25, 0.3) is 6.08 Å². The van der Waals surface area contributed by atoms with E-state index in [1.165, 1.54) is 17.4 Å². The predicted octanol–water partition coefficient (Wildman–Crippen LogP) is 4.93. The van der Waals surface area contributed by atoms with Crippen molar-refractivity contribution in [2.24, 2.45) is 11.7 Å². The summed E-state index contributed by atoms with van der Waals surface area (Å²) in [4.78, 5) is 25.4. The van der Waals surface area contributed by atoms with Gasteiger partial charge in [-0.3, -0.25) is 9.59 Å². The topological polar surface area (TPSA) is 72.2 Å². The summed E-state index contributed by atoms with van der Waals surface area (Å²) in [6.07, 6.45) is 5.63. The lowest BCUT2D eigenvalue weighted by molar-refractivity contribution is -0.111. The summed E-state index contributed by atoms with van der Waals surface area (Å²) >= 11 is 13.6. The molecule has 0 aliphatic heterocycles. The number of hydrogen-bond donors (Lipinski definition) is 2. The molecule has 4 nitrogen and oxygen atoms in total. The van der Waals surface area contributed by atoms with Crippen molar-refractivity contribution in [3.05, 3.63) is 55.9 Å². The highest BCUT2D eigenvalue weighted by molar-refractivity contribution is 7.17. The van der Waals surface area contributed by atoms with Gasteiger partial charge in [0.05, 0.1) is 5.56 Å². The molecular weight excluding hydrogens is 391 g/mol. The first-order valence-corrected chi connectivity index (χ1v) is 9.81. The Labute approximate surface area is 166 Å². The molecule has 7 heteroatoms. The van der Waals surface area contributed by atoms with Crippen LogP contribution in [0.4, 0.5) is 5.00 Å². The maximum atomic E-state index is 12.3. The minimum atomic E-state index is -0.509. The molecule has 3 rings (SSSR count). The van der Waals surface area contributed by atoms with E-state index in [-0.39, 0.29) is 5.91 Å². The lowest BCUT2D eigenvalue weighted by Gasteiger charge is -2.18. The molecule has 1 aliphatic rings. The van der Waals surface area contributed by atoms with Crippen LogP contribution in [-0.4, -0.2) is 11.8 Å². The van der Waals surface area contributed by atoms with Crippen molar-refractivity contribution < 1.29 is 9.59 Å². The molecule has 1 heterocycles. The third-order valence-corrected chi connectivity index (χ3v) is 6.22. The second-order valence-electron chi connectivity index (χ2n) is 6.38. The number of primary amides is 1. The van der Waals surface area contributed by atoms with E-state index in [2.05, 4.69) is 12.2 Å². The molecule has 0 fully saturated rings. The second-order valence-corrected chi connectivity index (χ2v) is 8.30. The highest BCUT2D eigenvalue weighted by Crippen LogP contribution is 2.39. The molecule has 1 aromatic carbocycles. The van der Waals surface area contributed by atoms with Crippen molar-refractivity contribution in [2.75, 3.05) is 5.32 Å². The van der Waals surface area contributed by atoms with Crippen molar-refractivity contribution >= 4 is 57.4 Å². The van der Waals surface area contributed by atoms with Crippen LogP contribution in [0.3, 0.4) is 0 Å². The lowest BCUT2D eigenvalue weighted by atomic mass is 9.88. The van der Waals surface area contributed by atoms with Crippen LogP contribution in [0.2, 0.25) is 10.0 Å². The predicted molar refractivity (Wildman–Crippen MR) is 108 cm³/mol. The molecule has 1 aliphatic carbocycles. The third-order valence-electron chi connectivity index (χ3n) is 4.40. The molecule has 3 N–H and O–H groups in total. The summed E-state index contributed by atoms with van der Waals surface area (Å²) in [5.74, 6) is -0.312. The number of nitrogens with one attached hydrogen (secondary N) is 1. The van der Waals surface area contributed by atoms with Crippen LogP contribution in [0, 0.1) is 5.92 Å². The van der Waals surface area contributed by atoms with Gasteiger partial charge >= 0.3 is 0 Å². The number of thiophene rings is 1. The Bertz CT molecular complexity index is 885. The summed E-state index contributed by atoms with van der Waals surface area (Å²) in [5, 5.41) is 4.21. The van der Waals surface area contributed by atoms with E-state index in [1.807, 2.05) is 0 Å². The first-order valence-electron chi connectivity index (χ1n) is 8.24. The maximum Gasteiger partial charge on any atom is 0.251 e. The molecule has 26 heavy (non-hydrogen) atoms. The average molecular weight is 409 g/mol. The molecule has 0 spiro atoms. The summed E-state index contributed by atoms with van der Waals surface area (Å²) in [6, 6.07) is 5.13. The van der Waals surface area contributed by atoms with Gasteiger partial charge in [-0.15, -0.1) is 11.3 Å². The Kier molecular flexibility index (Phi) is 5.70. The lowest BCUT2D eigenvalue weighted by Crippen LogP contribution is -2.18. The molecule has 0 saturated carbocycles. The van der Waals surface area contributed by atoms with Crippen molar-refractivity contribution in [3.8, 4) is 0 Å². The smallest absolute Gasteiger partial charge is 0.251 e. The Hall–Kier alpha value is -1.82. The van der Waals surface area contributed by atoms with E-state index in [0.29, 0.717) is 32.1 Å². The normalized spacial score (nSPS) is 16.5. The number of halogens is 2. The Morgan fingerprint density at radius 1 is 1.31 bits per heavy atom. The number of benzene rings is 1. The fraction of sp³-hybridized carbons (Fsp3) is 0.263. The highest BCUT2D eigenvalue weighted by atomic mass is 35.5. The SMILES string of the molecule is C[C@@H]1CCc2c(sc(NC(=O)/C=C/c3c(Cl)cccc3Cl)c2C(N)=O)C1. The molecule has 1 atom stereocenters. The van der Waals surface area contributed by atoms with E-state index in [1.54, 1.807) is 24.3 Å². The van der Waals surface area contributed by atoms with Crippen molar-refractivity contribution in [2.45, 2.75) is 26.2 Å². The second kappa shape index (κ2) is 7.82. The van der Waals surface area contributed by atoms with Gasteiger partial charge in [0, 0.05) is 26.6 Å². The minimum Gasteiger partial charge on any atom is -0.365 e. The van der Waals surface area contributed by atoms with Gasteiger partial charge in [0.15, 0.2) is 0 Å². The van der Waals surface area contributed by atoms with Gasteiger partial charge in [0.25, 0.3) is 5.91 Å². The Morgan fingerprint density at radius 2 is 2.00 bits per heavy atom. The molecule has 0 saturated heterocycles. The molecule has 2 amide bonds. The Balaban J connectivity index is 1.84. The van der Waals surface area contributed by atoms with Crippen molar-refractivity contribution in [1.82, 2.24) is 0 Å². The summed E-state index contributed by atoms with van der Waals surface area (Å²) in [7, 11) is 0. The number of carbonyl (C=O) groups is 2. The van der Waals surface area contributed by atoms with Crippen LogP contribution in [0.1, 0.15) is 39.7 Å². The molecule has 1 aromatic heterocycles. The van der Waals surface area contributed by atoms with Crippen LogP contribution in [0.15, 0.2) is 24.3 Å². The van der Waals surface area contributed by atoms with Gasteiger partial charge in [-0.1, -0.05) is 36.2 Å². The molecule has 0 bridgehead atoms. The van der Waals surface area contributed by atoms with Gasteiger partial charge in [-0.25, -0.2) is 0 Å². The molecule has 0 unspecified atom stereocenters. The number of fused-ring (bicyclic) bond motifs is 1. The van der Waals surface area contributed by atoms with E-state index in [0.717, 1.165) is 29.7 Å². The summed E-state index contributed by atoms with van der Waals surface area (Å²) in [6.45, 7) is 2.18. The average Bonchev–Trinajstić information content (AvgIpc) is 2.91. The number of rotatable bonds is 4.